The number of halogens is 1. The van der Waals surface area contributed by atoms with Gasteiger partial charge in [-0.25, -0.2) is 0 Å². The molecule has 0 aliphatic heterocycles. The monoisotopic (exact) mass is 210 g/mol. The molecule has 1 aliphatic rings. The highest BCUT2D eigenvalue weighted by molar-refractivity contribution is 7.12. The van der Waals surface area contributed by atoms with Crippen LogP contribution < -0.4 is 0 Å². The molecule has 1 aromatic rings. The largest absolute Gasteiger partial charge is 0.145 e. The summed E-state index contributed by atoms with van der Waals surface area (Å²) >= 11 is 7.98. The minimum Gasteiger partial charge on any atom is -0.145 e. The Balaban J connectivity index is 2.27. The van der Waals surface area contributed by atoms with Gasteiger partial charge < -0.3 is 0 Å². The lowest BCUT2D eigenvalue weighted by molar-refractivity contribution is 0.856. The van der Waals surface area contributed by atoms with Gasteiger partial charge in [-0.05, 0) is 31.6 Å². The molecule has 1 aromatic heterocycles. The van der Waals surface area contributed by atoms with Gasteiger partial charge in [0.2, 0.25) is 0 Å². The van der Waals surface area contributed by atoms with Gasteiger partial charge in [-0.15, -0.1) is 11.3 Å². The van der Waals surface area contributed by atoms with E-state index in [4.69, 9.17) is 11.6 Å². The van der Waals surface area contributed by atoms with Crippen molar-refractivity contribution in [3.05, 3.63) is 45.1 Å². The zero-order valence-electron chi connectivity index (χ0n) is 7.46. The highest BCUT2D eigenvalue weighted by Crippen LogP contribution is 2.36. The Labute approximate surface area is 87.5 Å². The van der Waals surface area contributed by atoms with Crippen LogP contribution in [-0.4, -0.2) is 0 Å². The molecule has 0 fully saturated rings. The maximum atomic E-state index is 6.14. The number of allylic oxidation sites excluding steroid dienone is 4. The molecular formula is C11H11ClS. The van der Waals surface area contributed by atoms with Gasteiger partial charge in [-0.1, -0.05) is 23.8 Å². The van der Waals surface area contributed by atoms with Crippen LogP contribution in [0.1, 0.15) is 22.1 Å². The Kier molecular flexibility index (Phi) is 2.56. The van der Waals surface area contributed by atoms with E-state index in [1.165, 1.54) is 9.75 Å². The summed E-state index contributed by atoms with van der Waals surface area (Å²) in [4.78, 5) is 2.73. The molecule has 0 nitrogen and oxygen atoms in total. The number of rotatable bonds is 1. The van der Waals surface area contributed by atoms with E-state index in [9.17, 15) is 0 Å². The van der Waals surface area contributed by atoms with E-state index >= 15 is 0 Å². The van der Waals surface area contributed by atoms with Crippen molar-refractivity contribution < 1.29 is 0 Å². The number of thiophene rings is 1. The van der Waals surface area contributed by atoms with Crippen LogP contribution in [0.25, 0.3) is 0 Å². The van der Waals surface area contributed by atoms with Gasteiger partial charge in [0.05, 0.1) is 0 Å². The fraction of sp³-hybridized carbons (Fsp3) is 0.273. The lowest BCUT2D eigenvalue weighted by atomic mass is 9.99. The Bertz CT molecular complexity index is 360. The summed E-state index contributed by atoms with van der Waals surface area (Å²) < 4.78 is 0. The molecule has 1 heterocycles. The highest BCUT2D eigenvalue weighted by atomic mass is 35.5. The SMILES string of the molecule is Cc1ccc(C2CC=CC=C2Cl)s1. The van der Waals surface area contributed by atoms with E-state index in [0.29, 0.717) is 5.92 Å². The summed E-state index contributed by atoms with van der Waals surface area (Å²) in [5.41, 5.74) is 0. The van der Waals surface area contributed by atoms with Gasteiger partial charge in [0, 0.05) is 20.7 Å². The van der Waals surface area contributed by atoms with Gasteiger partial charge in [0.25, 0.3) is 0 Å². The first-order valence-corrected chi connectivity index (χ1v) is 5.55. The van der Waals surface area contributed by atoms with Crippen LogP contribution in [0.4, 0.5) is 0 Å². The van der Waals surface area contributed by atoms with Gasteiger partial charge in [-0.2, -0.15) is 0 Å². The second kappa shape index (κ2) is 3.69. The standard InChI is InChI=1S/C11H11ClS/c1-8-6-7-11(13-8)9-4-2-3-5-10(9)12/h2-3,5-7,9H,4H2,1H3. The lowest BCUT2D eigenvalue weighted by Crippen LogP contribution is -1.97. The van der Waals surface area contributed by atoms with Gasteiger partial charge in [-0.3, -0.25) is 0 Å². The summed E-state index contributed by atoms with van der Waals surface area (Å²) in [5, 5.41) is 0.962. The number of hydrogen-bond donors (Lipinski definition) is 0. The van der Waals surface area contributed by atoms with Crippen molar-refractivity contribution in [3.8, 4) is 0 Å². The van der Waals surface area contributed by atoms with E-state index in [1.807, 2.05) is 23.5 Å². The maximum Gasteiger partial charge on any atom is 0.0326 e. The first-order chi connectivity index (χ1) is 6.27. The van der Waals surface area contributed by atoms with Crippen LogP contribution in [0.5, 0.6) is 0 Å². The molecule has 0 saturated carbocycles. The highest BCUT2D eigenvalue weighted by Gasteiger charge is 2.16. The van der Waals surface area contributed by atoms with Crippen molar-refractivity contribution >= 4 is 22.9 Å². The number of aryl methyl sites for hydroxylation is 1. The molecular weight excluding hydrogens is 200 g/mol. The fourth-order valence-electron chi connectivity index (χ4n) is 1.50. The van der Waals surface area contributed by atoms with Gasteiger partial charge in [0.1, 0.15) is 0 Å². The van der Waals surface area contributed by atoms with Crippen LogP contribution in [0.2, 0.25) is 0 Å². The van der Waals surface area contributed by atoms with Crippen LogP contribution in [0, 0.1) is 6.92 Å². The van der Waals surface area contributed by atoms with Gasteiger partial charge >= 0.3 is 0 Å². The van der Waals surface area contributed by atoms with E-state index in [2.05, 4.69) is 25.1 Å². The summed E-state index contributed by atoms with van der Waals surface area (Å²) in [7, 11) is 0. The second-order valence-corrected chi connectivity index (χ2v) is 4.97. The molecule has 68 valence electrons. The minimum atomic E-state index is 0.408. The molecule has 1 unspecified atom stereocenters. The van der Waals surface area contributed by atoms with E-state index in [0.717, 1.165) is 11.5 Å². The molecule has 0 saturated heterocycles. The van der Waals surface area contributed by atoms with E-state index < -0.39 is 0 Å². The average molecular weight is 211 g/mol. The first-order valence-electron chi connectivity index (χ1n) is 4.36. The summed E-state index contributed by atoms with van der Waals surface area (Å²) in [6.07, 6.45) is 7.23. The molecule has 1 aliphatic carbocycles. The molecule has 13 heavy (non-hydrogen) atoms. The summed E-state index contributed by atoms with van der Waals surface area (Å²) in [5.74, 6) is 0.408. The molecule has 1 atom stereocenters. The third-order valence-corrected chi connectivity index (χ3v) is 3.70. The molecule has 0 aromatic carbocycles. The van der Waals surface area contributed by atoms with Gasteiger partial charge in [0.15, 0.2) is 0 Å². The predicted molar refractivity (Wildman–Crippen MR) is 59.5 cm³/mol. The predicted octanol–water partition coefficient (Wildman–Crippen LogP) is 4.22. The Morgan fingerprint density at radius 3 is 2.92 bits per heavy atom. The van der Waals surface area contributed by atoms with Crippen molar-refractivity contribution in [2.45, 2.75) is 19.3 Å². The molecule has 0 bridgehead atoms. The third kappa shape index (κ3) is 1.87. The Morgan fingerprint density at radius 1 is 1.46 bits per heavy atom. The van der Waals surface area contributed by atoms with Crippen LogP contribution in [0.15, 0.2) is 35.4 Å². The third-order valence-electron chi connectivity index (χ3n) is 2.20. The molecule has 0 spiro atoms. The fourth-order valence-corrected chi connectivity index (χ4v) is 2.85. The average Bonchev–Trinajstić information content (AvgIpc) is 2.53. The maximum absolute atomic E-state index is 6.14. The summed E-state index contributed by atoms with van der Waals surface area (Å²) in [6.45, 7) is 2.13. The Morgan fingerprint density at radius 2 is 2.31 bits per heavy atom. The molecule has 0 amide bonds. The second-order valence-electron chi connectivity index (χ2n) is 3.22. The Hall–Kier alpha value is -0.530. The van der Waals surface area contributed by atoms with Crippen LogP contribution >= 0.6 is 22.9 Å². The smallest absolute Gasteiger partial charge is 0.0326 e. The molecule has 0 radical (unpaired) electrons. The first kappa shape index (κ1) is 9.04. The van der Waals surface area contributed by atoms with Crippen molar-refractivity contribution in [1.29, 1.82) is 0 Å². The van der Waals surface area contributed by atoms with Crippen molar-refractivity contribution in [1.82, 2.24) is 0 Å². The lowest BCUT2D eigenvalue weighted by Gasteiger charge is -2.14. The topological polar surface area (TPSA) is 0 Å². The molecule has 2 heteroatoms. The van der Waals surface area contributed by atoms with Crippen molar-refractivity contribution in [2.75, 3.05) is 0 Å². The quantitative estimate of drug-likeness (QED) is 0.651. The summed E-state index contributed by atoms with van der Waals surface area (Å²) in [6, 6.07) is 4.34. The molecule has 2 rings (SSSR count). The zero-order chi connectivity index (χ0) is 9.26. The van der Waals surface area contributed by atoms with Crippen LogP contribution in [0.3, 0.4) is 0 Å². The van der Waals surface area contributed by atoms with E-state index in [-0.39, 0.29) is 0 Å². The van der Waals surface area contributed by atoms with Crippen molar-refractivity contribution in [2.24, 2.45) is 0 Å². The molecule has 0 N–H and O–H groups in total. The van der Waals surface area contributed by atoms with Crippen LogP contribution in [-0.2, 0) is 0 Å². The van der Waals surface area contributed by atoms with Crippen molar-refractivity contribution in [3.63, 3.8) is 0 Å². The number of hydrogen-bond acceptors (Lipinski definition) is 1. The van der Waals surface area contributed by atoms with E-state index in [1.54, 1.807) is 0 Å². The minimum absolute atomic E-state index is 0.408. The normalized spacial score (nSPS) is 21.7. The zero-order valence-corrected chi connectivity index (χ0v) is 9.03.